The van der Waals surface area contributed by atoms with Gasteiger partial charge < -0.3 is 29.9 Å². The lowest BCUT2D eigenvalue weighted by Gasteiger charge is -2.40. The Hall–Kier alpha value is -2.63. The number of rotatable bonds is 12. The summed E-state index contributed by atoms with van der Waals surface area (Å²) < 4.78 is 12.4. The van der Waals surface area contributed by atoms with Crippen LogP contribution in [-0.2, 0) is 16.0 Å². The van der Waals surface area contributed by atoms with Crippen molar-refractivity contribution in [2.24, 2.45) is 0 Å². The maximum absolute atomic E-state index is 13.3. The van der Waals surface area contributed by atoms with E-state index < -0.39 is 18.2 Å². The van der Waals surface area contributed by atoms with Gasteiger partial charge in [0.25, 0.3) is 0 Å². The number of aliphatic hydroxyl groups excluding tert-OH is 2. The molecule has 3 unspecified atom stereocenters. The fourth-order valence-electron chi connectivity index (χ4n) is 4.38. The molecule has 0 fully saturated rings. The van der Waals surface area contributed by atoms with Gasteiger partial charge in [-0.3, -0.25) is 9.59 Å². The molecule has 0 radical (unpaired) electrons. The molecular weight excluding hydrogens is 587 g/mol. The number of hydrogen-bond donors (Lipinski definition) is 3. The van der Waals surface area contributed by atoms with Gasteiger partial charge in [0.15, 0.2) is 0 Å². The van der Waals surface area contributed by atoms with E-state index in [9.17, 15) is 14.7 Å². The molecule has 3 rings (SSSR count). The molecule has 200 valence electrons. The number of methoxy groups -OCH3 is 1. The van der Waals surface area contributed by atoms with Gasteiger partial charge in [-0.25, -0.2) is 0 Å². The average molecular weight is 623 g/mol. The second-order valence-electron chi connectivity index (χ2n) is 8.89. The highest BCUT2D eigenvalue weighted by Gasteiger charge is 2.40. The Labute approximate surface area is 231 Å². The molecule has 3 atom stereocenters. The molecule has 2 aromatic carbocycles. The molecule has 9 heteroatoms. The molecule has 0 aliphatic heterocycles. The molecule has 0 spiro atoms. The third kappa shape index (κ3) is 7.93. The summed E-state index contributed by atoms with van der Waals surface area (Å²) in [7, 11) is 1.61. The monoisotopic (exact) mass is 622 g/mol. The minimum absolute atomic E-state index is 0.0838. The minimum Gasteiger partial charge on any atom is -0.497 e. The van der Waals surface area contributed by atoms with E-state index in [4.69, 9.17) is 14.6 Å². The minimum atomic E-state index is -1.04. The standard InChI is InChI=1S/C28H35IN2O6/c1-3-7-26(33)31(14-12-19-8-6-9-21(16-19)36-2)23-17-20(28(35)30-13-15-32)18-25(27(23)34)37-24-11-5-4-10-22(24)29/h4-6,8-11,16,18,23,25,27,32,34H,3,7,12-15,17H2,1-2H3,(H,30,35). The molecule has 1 aliphatic rings. The summed E-state index contributed by atoms with van der Waals surface area (Å²) in [5.41, 5.74) is 1.41. The predicted molar refractivity (Wildman–Crippen MR) is 149 cm³/mol. The smallest absolute Gasteiger partial charge is 0.247 e. The van der Waals surface area contributed by atoms with E-state index in [1.54, 1.807) is 24.2 Å². The van der Waals surface area contributed by atoms with Crippen LogP contribution in [-0.4, -0.2) is 72.0 Å². The first-order valence-electron chi connectivity index (χ1n) is 12.5. The number of ether oxygens (including phenoxy) is 2. The Bertz CT molecular complexity index is 1090. The molecular formula is C28H35IN2O6. The third-order valence-electron chi connectivity index (χ3n) is 6.27. The number of nitrogens with zero attached hydrogens (tertiary/aromatic N) is 1. The van der Waals surface area contributed by atoms with Crippen molar-refractivity contribution < 1.29 is 29.3 Å². The van der Waals surface area contributed by atoms with E-state index in [1.807, 2.05) is 49.4 Å². The Balaban J connectivity index is 1.91. The first-order chi connectivity index (χ1) is 17.9. The van der Waals surface area contributed by atoms with Crippen molar-refractivity contribution in [2.45, 2.75) is 50.9 Å². The molecule has 37 heavy (non-hydrogen) atoms. The predicted octanol–water partition coefficient (Wildman–Crippen LogP) is 3.09. The van der Waals surface area contributed by atoms with Gasteiger partial charge in [-0.2, -0.15) is 0 Å². The summed E-state index contributed by atoms with van der Waals surface area (Å²) in [6, 6.07) is 14.4. The van der Waals surface area contributed by atoms with Crippen molar-refractivity contribution in [1.82, 2.24) is 10.2 Å². The molecule has 0 saturated carbocycles. The second kappa shape index (κ2) is 14.3. The van der Waals surface area contributed by atoms with Crippen molar-refractivity contribution in [3.8, 4) is 11.5 Å². The van der Waals surface area contributed by atoms with Crippen LogP contribution in [0.25, 0.3) is 0 Å². The van der Waals surface area contributed by atoms with Crippen LogP contribution in [0.15, 0.2) is 60.2 Å². The van der Waals surface area contributed by atoms with Crippen LogP contribution in [0.3, 0.4) is 0 Å². The summed E-state index contributed by atoms with van der Waals surface area (Å²) >= 11 is 2.16. The topological polar surface area (TPSA) is 108 Å². The van der Waals surface area contributed by atoms with Gasteiger partial charge in [0, 0.05) is 31.5 Å². The summed E-state index contributed by atoms with van der Waals surface area (Å²) in [6.07, 6.45) is 1.49. The van der Waals surface area contributed by atoms with Gasteiger partial charge in [0.2, 0.25) is 11.8 Å². The van der Waals surface area contributed by atoms with E-state index in [1.165, 1.54) is 0 Å². The third-order valence-corrected chi connectivity index (χ3v) is 7.17. The maximum Gasteiger partial charge on any atom is 0.247 e. The van der Waals surface area contributed by atoms with Crippen LogP contribution < -0.4 is 14.8 Å². The number of carbonyl (C=O) groups is 2. The van der Waals surface area contributed by atoms with Gasteiger partial charge in [0.1, 0.15) is 23.7 Å². The number of amides is 2. The van der Waals surface area contributed by atoms with Crippen molar-refractivity contribution in [3.63, 3.8) is 0 Å². The second-order valence-corrected chi connectivity index (χ2v) is 10.0. The van der Waals surface area contributed by atoms with E-state index in [0.717, 1.165) is 14.9 Å². The van der Waals surface area contributed by atoms with Crippen molar-refractivity contribution in [1.29, 1.82) is 0 Å². The number of carbonyl (C=O) groups excluding carboxylic acids is 2. The highest BCUT2D eigenvalue weighted by Crippen LogP contribution is 2.30. The summed E-state index contributed by atoms with van der Waals surface area (Å²) in [5, 5.41) is 23.3. The van der Waals surface area contributed by atoms with Crippen LogP contribution in [0.4, 0.5) is 0 Å². The van der Waals surface area contributed by atoms with Gasteiger partial charge in [-0.05, 0) is 71.3 Å². The summed E-state index contributed by atoms with van der Waals surface area (Å²) in [6.45, 7) is 2.23. The van der Waals surface area contributed by atoms with Gasteiger partial charge in [-0.1, -0.05) is 31.2 Å². The normalized spacial score (nSPS) is 19.1. The Morgan fingerprint density at radius 3 is 2.68 bits per heavy atom. The van der Waals surface area contributed by atoms with Crippen LogP contribution in [0.5, 0.6) is 11.5 Å². The zero-order valence-corrected chi connectivity index (χ0v) is 23.4. The van der Waals surface area contributed by atoms with Crippen LogP contribution >= 0.6 is 22.6 Å². The SMILES string of the molecule is CCCC(=O)N(CCc1cccc(OC)c1)C1CC(C(=O)NCCO)=CC(Oc2ccccc2I)C1O. The molecule has 0 saturated heterocycles. The number of nitrogens with one attached hydrogen (secondary N) is 1. The molecule has 0 heterocycles. The zero-order valence-electron chi connectivity index (χ0n) is 21.2. The molecule has 8 nitrogen and oxygen atoms in total. The first-order valence-corrected chi connectivity index (χ1v) is 13.6. The molecule has 0 aromatic heterocycles. The Morgan fingerprint density at radius 1 is 1.19 bits per heavy atom. The van der Waals surface area contributed by atoms with Gasteiger partial charge >= 0.3 is 0 Å². The number of halogens is 1. The number of para-hydroxylation sites is 1. The Morgan fingerprint density at radius 2 is 1.97 bits per heavy atom. The van der Waals surface area contributed by atoms with E-state index in [-0.39, 0.29) is 31.4 Å². The lowest BCUT2D eigenvalue weighted by molar-refractivity contribution is -0.138. The Kier molecular flexibility index (Phi) is 11.2. The van der Waals surface area contributed by atoms with Crippen LogP contribution in [0.2, 0.25) is 0 Å². The first kappa shape index (κ1) is 28.9. The molecule has 3 N–H and O–H groups in total. The van der Waals surface area contributed by atoms with E-state index >= 15 is 0 Å². The fourth-order valence-corrected chi connectivity index (χ4v) is 4.89. The number of aliphatic hydroxyl groups is 2. The fraction of sp³-hybridized carbons (Fsp3) is 0.429. The average Bonchev–Trinajstić information content (AvgIpc) is 2.90. The van der Waals surface area contributed by atoms with Crippen molar-refractivity contribution >= 4 is 34.4 Å². The number of hydrogen-bond acceptors (Lipinski definition) is 6. The quantitative estimate of drug-likeness (QED) is 0.314. The van der Waals surface area contributed by atoms with Crippen molar-refractivity contribution in [2.75, 3.05) is 26.8 Å². The molecule has 2 aromatic rings. The maximum atomic E-state index is 13.3. The lowest BCUT2D eigenvalue weighted by Crippen LogP contribution is -2.55. The molecule has 0 bridgehead atoms. The van der Waals surface area contributed by atoms with Crippen LogP contribution in [0, 0.1) is 3.57 Å². The number of benzene rings is 2. The largest absolute Gasteiger partial charge is 0.497 e. The summed E-state index contributed by atoms with van der Waals surface area (Å²) in [5.74, 6) is 0.887. The van der Waals surface area contributed by atoms with Crippen molar-refractivity contribution in [3.05, 3.63) is 69.3 Å². The molecule has 1 aliphatic carbocycles. The summed E-state index contributed by atoms with van der Waals surface area (Å²) in [4.78, 5) is 27.9. The lowest BCUT2D eigenvalue weighted by atomic mass is 9.87. The van der Waals surface area contributed by atoms with E-state index in [2.05, 4.69) is 27.9 Å². The van der Waals surface area contributed by atoms with E-state index in [0.29, 0.717) is 37.1 Å². The highest BCUT2D eigenvalue weighted by atomic mass is 127. The van der Waals surface area contributed by atoms with Gasteiger partial charge in [-0.15, -0.1) is 0 Å². The van der Waals surface area contributed by atoms with Crippen LogP contribution in [0.1, 0.15) is 31.7 Å². The molecule has 2 amide bonds. The highest BCUT2D eigenvalue weighted by molar-refractivity contribution is 14.1. The van der Waals surface area contributed by atoms with Gasteiger partial charge in [0.05, 0.1) is 23.3 Å². The zero-order chi connectivity index (χ0) is 26.8.